The maximum atomic E-state index is 12.0. The number of carbonyl (C=O) groups is 2. The summed E-state index contributed by atoms with van der Waals surface area (Å²) < 4.78 is 5.33. The number of nitrogens with one attached hydrogen (secondary N) is 1. The van der Waals surface area contributed by atoms with Gasteiger partial charge in [0.2, 0.25) is 11.5 Å². The lowest BCUT2D eigenvalue weighted by molar-refractivity contribution is -0.113. The Balaban J connectivity index is 1.99. The molecule has 9 nitrogen and oxygen atoms in total. The van der Waals surface area contributed by atoms with Crippen molar-refractivity contribution in [3.63, 3.8) is 0 Å². The lowest BCUT2D eigenvalue weighted by Gasteiger charge is -2.13. The van der Waals surface area contributed by atoms with Gasteiger partial charge >= 0.3 is 5.91 Å². The van der Waals surface area contributed by atoms with Crippen LogP contribution in [0.1, 0.15) is 19.4 Å². The summed E-state index contributed by atoms with van der Waals surface area (Å²) in [5, 5.41) is 13.8. The Bertz CT molecular complexity index is 924. The van der Waals surface area contributed by atoms with Crippen LogP contribution in [0.25, 0.3) is 0 Å². The van der Waals surface area contributed by atoms with Crippen molar-refractivity contribution in [2.75, 3.05) is 12.4 Å². The van der Waals surface area contributed by atoms with Gasteiger partial charge < -0.3 is 10.1 Å². The number of amides is 1. The van der Waals surface area contributed by atoms with Gasteiger partial charge in [-0.2, -0.15) is 4.99 Å². The van der Waals surface area contributed by atoms with Crippen LogP contribution >= 0.6 is 0 Å². The third-order valence-corrected chi connectivity index (χ3v) is 3.32. The normalized spacial score (nSPS) is 16.0. The van der Waals surface area contributed by atoms with Gasteiger partial charge in [-0.25, -0.2) is 4.99 Å². The number of amidine groups is 2. The zero-order valence-electron chi connectivity index (χ0n) is 13.8. The lowest BCUT2D eigenvalue weighted by Crippen LogP contribution is -2.26. The fourth-order valence-electron chi connectivity index (χ4n) is 2.34. The molecule has 25 heavy (non-hydrogen) atoms. The van der Waals surface area contributed by atoms with E-state index in [2.05, 4.69) is 30.7 Å². The number of rotatable bonds is 5. The van der Waals surface area contributed by atoms with E-state index >= 15 is 0 Å². The van der Waals surface area contributed by atoms with E-state index in [0.29, 0.717) is 22.7 Å². The van der Waals surface area contributed by atoms with Gasteiger partial charge in [0, 0.05) is 11.4 Å². The number of benzene rings is 1. The molecule has 0 saturated heterocycles. The number of hydrogen-bond donors (Lipinski definition) is 1. The summed E-state index contributed by atoms with van der Waals surface area (Å²) in [4.78, 5) is 31.3. The molecule has 0 saturated carbocycles. The highest BCUT2D eigenvalue weighted by atomic mass is 16.5. The number of aliphatic imine (C=N–C) groups is 2. The summed E-state index contributed by atoms with van der Waals surface area (Å²) in [6.07, 6.45) is 1.48. The maximum Gasteiger partial charge on any atom is 0.303 e. The van der Waals surface area contributed by atoms with E-state index in [1.807, 2.05) is 0 Å². The molecule has 3 rings (SSSR count). The van der Waals surface area contributed by atoms with E-state index < -0.39 is 5.91 Å². The van der Waals surface area contributed by atoms with E-state index in [1.165, 1.54) is 20.1 Å². The predicted molar refractivity (Wildman–Crippen MR) is 92.3 cm³/mol. The van der Waals surface area contributed by atoms with Gasteiger partial charge in [-0.05, 0) is 43.3 Å². The number of nitrogens with zero attached hydrogens (tertiary/aromatic N) is 5. The molecule has 2 aliphatic heterocycles. The van der Waals surface area contributed by atoms with Crippen LogP contribution in [-0.2, 0) is 9.59 Å². The van der Waals surface area contributed by atoms with E-state index in [1.54, 1.807) is 25.1 Å². The van der Waals surface area contributed by atoms with Gasteiger partial charge in [0.25, 0.3) is 0 Å². The van der Waals surface area contributed by atoms with Crippen molar-refractivity contribution >= 4 is 34.8 Å². The Morgan fingerprint density at radius 3 is 2.72 bits per heavy atom. The summed E-state index contributed by atoms with van der Waals surface area (Å²) >= 11 is 0. The minimum Gasteiger partial charge on any atom is -0.496 e. The smallest absolute Gasteiger partial charge is 0.303 e. The third-order valence-electron chi connectivity index (χ3n) is 3.32. The fourth-order valence-corrected chi connectivity index (χ4v) is 2.34. The monoisotopic (exact) mass is 338 g/mol. The van der Waals surface area contributed by atoms with Gasteiger partial charge in [-0.1, -0.05) is 0 Å². The van der Waals surface area contributed by atoms with Crippen LogP contribution in [0.2, 0.25) is 0 Å². The van der Waals surface area contributed by atoms with Gasteiger partial charge in [-0.15, -0.1) is 10.2 Å². The quantitative estimate of drug-likeness (QED) is 0.827. The average Bonchev–Trinajstić information content (AvgIpc) is 3.03. The summed E-state index contributed by atoms with van der Waals surface area (Å²) in [7, 11) is 1.51. The first-order valence-electron chi connectivity index (χ1n) is 7.33. The Morgan fingerprint density at radius 2 is 2.00 bits per heavy atom. The SMILES string of the molecule is COc1ccc(NC(C)=CC(C)=O)cc1C1=NC(=O)C2=NN=NC2=N1. The van der Waals surface area contributed by atoms with Gasteiger partial charge in [-0.3, -0.25) is 9.59 Å². The largest absolute Gasteiger partial charge is 0.496 e. The predicted octanol–water partition coefficient (Wildman–Crippen LogP) is 2.11. The molecule has 0 bridgehead atoms. The van der Waals surface area contributed by atoms with Gasteiger partial charge in [0.15, 0.2) is 11.6 Å². The molecule has 126 valence electrons. The standard InChI is InChI=1S/C16H14N6O3/c1-8(6-9(2)23)17-10-4-5-12(25-3)11(7-10)14-18-15-13(16(24)19-14)20-22-21-15/h4-7,17H,1-3H3. The molecule has 9 heteroatoms. The molecule has 1 aromatic rings. The second-order valence-corrected chi connectivity index (χ2v) is 5.29. The number of fused-ring (bicyclic) bond motifs is 1. The van der Waals surface area contributed by atoms with Crippen molar-refractivity contribution in [2.24, 2.45) is 25.4 Å². The molecule has 0 unspecified atom stereocenters. The highest BCUT2D eigenvalue weighted by Crippen LogP contribution is 2.26. The van der Waals surface area contributed by atoms with Gasteiger partial charge in [0.1, 0.15) is 5.75 Å². The van der Waals surface area contributed by atoms with Crippen molar-refractivity contribution in [1.82, 2.24) is 0 Å². The molecule has 0 aromatic heterocycles. The molecule has 1 amide bonds. The van der Waals surface area contributed by atoms with Gasteiger partial charge in [0.05, 0.1) is 12.7 Å². The van der Waals surface area contributed by atoms with Crippen LogP contribution in [0.3, 0.4) is 0 Å². The molecule has 0 aliphatic carbocycles. The van der Waals surface area contributed by atoms with Crippen molar-refractivity contribution in [3.05, 3.63) is 35.5 Å². The van der Waals surface area contributed by atoms with Crippen molar-refractivity contribution in [1.29, 1.82) is 0 Å². The number of methoxy groups -OCH3 is 1. The first-order chi connectivity index (χ1) is 12.0. The third kappa shape index (κ3) is 3.39. The topological polar surface area (TPSA) is 117 Å². The molecule has 0 atom stereocenters. The Morgan fingerprint density at radius 1 is 1.20 bits per heavy atom. The van der Waals surface area contributed by atoms with Crippen LogP contribution in [0.15, 0.2) is 55.4 Å². The van der Waals surface area contributed by atoms with Crippen LogP contribution in [0, 0.1) is 0 Å². The molecule has 2 heterocycles. The van der Waals surface area contributed by atoms with Crippen molar-refractivity contribution in [2.45, 2.75) is 13.8 Å². The summed E-state index contributed by atoms with van der Waals surface area (Å²) in [5.74, 6) is 0.158. The second-order valence-electron chi connectivity index (χ2n) is 5.29. The number of anilines is 1. The number of carbonyl (C=O) groups excluding carboxylic acids is 2. The van der Waals surface area contributed by atoms with E-state index in [0.717, 1.165) is 0 Å². The Kier molecular flexibility index (Phi) is 4.29. The number of allylic oxidation sites excluding steroid dienone is 2. The molecule has 1 aromatic carbocycles. The molecular weight excluding hydrogens is 324 g/mol. The van der Waals surface area contributed by atoms with Crippen LogP contribution in [-0.4, -0.2) is 36.2 Å². The van der Waals surface area contributed by atoms with Crippen molar-refractivity contribution < 1.29 is 14.3 Å². The van der Waals surface area contributed by atoms with Crippen LogP contribution in [0.4, 0.5) is 5.69 Å². The van der Waals surface area contributed by atoms with Crippen molar-refractivity contribution in [3.8, 4) is 5.75 Å². The summed E-state index contributed by atoms with van der Waals surface area (Å²) in [6.45, 7) is 3.24. The molecule has 0 fully saturated rings. The number of ether oxygens (including phenoxy) is 1. The zero-order chi connectivity index (χ0) is 18.0. The summed E-state index contributed by atoms with van der Waals surface area (Å²) in [5.41, 5.74) is 1.90. The van der Waals surface area contributed by atoms with E-state index in [-0.39, 0.29) is 23.2 Å². The maximum absolute atomic E-state index is 12.0. The first kappa shape index (κ1) is 16.4. The molecule has 0 spiro atoms. The highest BCUT2D eigenvalue weighted by molar-refractivity contribution is 6.69. The average molecular weight is 338 g/mol. The number of ketones is 1. The minimum atomic E-state index is -0.557. The molecule has 1 N–H and O–H groups in total. The lowest BCUT2D eigenvalue weighted by atomic mass is 10.1. The minimum absolute atomic E-state index is 0.0252. The summed E-state index contributed by atoms with van der Waals surface area (Å²) in [6, 6.07) is 5.21. The van der Waals surface area contributed by atoms with Crippen LogP contribution in [0.5, 0.6) is 5.75 Å². The molecule has 0 radical (unpaired) electrons. The molecular formula is C16H14N6O3. The van der Waals surface area contributed by atoms with E-state index in [4.69, 9.17) is 4.74 Å². The highest BCUT2D eigenvalue weighted by Gasteiger charge is 2.29. The fraction of sp³-hybridized carbons (Fsp3) is 0.188. The second kappa shape index (κ2) is 6.56. The molecule has 2 aliphatic rings. The van der Waals surface area contributed by atoms with E-state index in [9.17, 15) is 9.59 Å². The Labute approximate surface area is 142 Å². The Hall–Kier alpha value is -3.49. The number of hydrogen-bond acceptors (Lipinski definition) is 8. The zero-order valence-corrected chi connectivity index (χ0v) is 13.8. The first-order valence-corrected chi connectivity index (χ1v) is 7.33. The van der Waals surface area contributed by atoms with Crippen LogP contribution < -0.4 is 10.1 Å².